The van der Waals surface area contributed by atoms with Crippen LogP contribution in [0, 0.1) is 5.82 Å². The maximum atomic E-state index is 13.6. The number of amides is 1. The quantitative estimate of drug-likeness (QED) is 0.657. The SMILES string of the molecule is O=C(Nc1ccc(NCCc2ccccc2F)nc1)c1cccc(Cl)c1. The first kappa shape index (κ1) is 17.9. The van der Waals surface area contributed by atoms with Crippen molar-refractivity contribution >= 4 is 29.0 Å². The van der Waals surface area contributed by atoms with E-state index in [4.69, 9.17) is 11.6 Å². The van der Waals surface area contributed by atoms with Gasteiger partial charge in [-0.2, -0.15) is 0 Å². The average molecular weight is 370 g/mol. The van der Waals surface area contributed by atoms with Crippen molar-refractivity contribution in [3.05, 3.63) is 88.8 Å². The van der Waals surface area contributed by atoms with Gasteiger partial charge in [0.2, 0.25) is 0 Å². The van der Waals surface area contributed by atoms with Crippen LogP contribution in [0.25, 0.3) is 0 Å². The molecule has 0 radical (unpaired) electrons. The normalized spacial score (nSPS) is 10.4. The molecule has 1 aromatic heterocycles. The molecule has 2 N–H and O–H groups in total. The summed E-state index contributed by atoms with van der Waals surface area (Å²) in [5.74, 6) is 0.193. The molecule has 0 saturated carbocycles. The Kier molecular flexibility index (Phi) is 5.81. The van der Waals surface area contributed by atoms with Crippen molar-refractivity contribution in [2.45, 2.75) is 6.42 Å². The fourth-order valence-electron chi connectivity index (χ4n) is 2.43. The van der Waals surface area contributed by atoms with Gasteiger partial charge in [0.05, 0.1) is 11.9 Å². The lowest BCUT2D eigenvalue weighted by Gasteiger charge is -2.08. The molecule has 0 spiro atoms. The lowest BCUT2D eigenvalue weighted by atomic mass is 10.1. The van der Waals surface area contributed by atoms with E-state index in [0.717, 1.165) is 0 Å². The van der Waals surface area contributed by atoms with Gasteiger partial charge in [-0.1, -0.05) is 35.9 Å². The van der Waals surface area contributed by atoms with Crippen LogP contribution in [0.2, 0.25) is 5.02 Å². The van der Waals surface area contributed by atoms with Crippen molar-refractivity contribution in [3.63, 3.8) is 0 Å². The summed E-state index contributed by atoms with van der Waals surface area (Å²) in [6.45, 7) is 0.558. The molecule has 6 heteroatoms. The topological polar surface area (TPSA) is 54.0 Å². The van der Waals surface area contributed by atoms with E-state index in [-0.39, 0.29) is 11.7 Å². The van der Waals surface area contributed by atoms with Crippen LogP contribution < -0.4 is 10.6 Å². The number of pyridine rings is 1. The monoisotopic (exact) mass is 369 g/mol. The van der Waals surface area contributed by atoms with E-state index in [2.05, 4.69) is 15.6 Å². The molecule has 26 heavy (non-hydrogen) atoms. The minimum atomic E-state index is -0.255. The highest BCUT2D eigenvalue weighted by atomic mass is 35.5. The van der Waals surface area contributed by atoms with Crippen molar-refractivity contribution < 1.29 is 9.18 Å². The Hall–Kier alpha value is -2.92. The van der Waals surface area contributed by atoms with E-state index in [0.29, 0.717) is 40.6 Å². The number of anilines is 2. The molecule has 4 nitrogen and oxygen atoms in total. The Morgan fingerprint density at radius 3 is 2.65 bits per heavy atom. The number of rotatable bonds is 6. The van der Waals surface area contributed by atoms with Crippen molar-refractivity contribution in [2.24, 2.45) is 0 Å². The number of hydrogen-bond donors (Lipinski definition) is 2. The van der Waals surface area contributed by atoms with Crippen LogP contribution in [0.1, 0.15) is 15.9 Å². The Balaban J connectivity index is 1.53. The summed E-state index contributed by atoms with van der Waals surface area (Å²) >= 11 is 5.89. The summed E-state index contributed by atoms with van der Waals surface area (Å²) < 4.78 is 13.6. The molecule has 0 saturated heterocycles. The van der Waals surface area contributed by atoms with Gasteiger partial charge in [-0.3, -0.25) is 4.79 Å². The lowest BCUT2D eigenvalue weighted by molar-refractivity contribution is 0.102. The van der Waals surface area contributed by atoms with Gasteiger partial charge in [-0.15, -0.1) is 0 Å². The van der Waals surface area contributed by atoms with Crippen LogP contribution in [-0.4, -0.2) is 17.4 Å². The third-order valence-corrected chi connectivity index (χ3v) is 4.00. The summed E-state index contributed by atoms with van der Waals surface area (Å²) in [7, 11) is 0. The van der Waals surface area contributed by atoms with E-state index in [1.807, 2.05) is 6.07 Å². The number of carbonyl (C=O) groups excluding carboxylic acids is 1. The number of aromatic nitrogens is 1. The first-order valence-electron chi connectivity index (χ1n) is 8.12. The third kappa shape index (κ3) is 4.80. The number of halogens is 2. The van der Waals surface area contributed by atoms with E-state index in [1.165, 1.54) is 6.07 Å². The highest BCUT2D eigenvalue weighted by Crippen LogP contribution is 2.15. The standard InChI is InChI=1S/C20H17ClFN3O/c21-16-6-3-5-15(12-16)20(26)25-17-8-9-19(24-13-17)23-11-10-14-4-1-2-7-18(14)22/h1-9,12-13H,10-11H2,(H,23,24)(H,25,26). The van der Waals surface area contributed by atoms with E-state index in [9.17, 15) is 9.18 Å². The Morgan fingerprint density at radius 1 is 1.08 bits per heavy atom. The van der Waals surface area contributed by atoms with E-state index in [1.54, 1.807) is 54.7 Å². The molecule has 2 aromatic carbocycles. The van der Waals surface area contributed by atoms with Crippen LogP contribution in [-0.2, 0) is 6.42 Å². The van der Waals surface area contributed by atoms with Crippen molar-refractivity contribution in [1.82, 2.24) is 4.98 Å². The van der Waals surface area contributed by atoms with Gasteiger partial charge in [0.1, 0.15) is 11.6 Å². The molecule has 0 fully saturated rings. The van der Waals surface area contributed by atoms with Crippen LogP contribution in [0.5, 0.6) is 0 Å². The minimum absolute atomic E-state index is 0.207. The van der Waals surface area contributed by atoms with Crippen LogP contribution in [0.15, 0.2) is 66.9 Å². The minimum Gasteiger partial charge on any atom is -0.370 e. The highest BCUT2D eigenvalue weighted by molar-refractivity contribution is 6.31. The van der Waals surface area contributed by atoms with Gasteiger partial charge >= 0.3 is 0 Å². The molecule has 132 valence electrons. The van der Waals surface area contributed by atoms with Gasteiger partial charge in [0, 0.05) is 17.1 Å². The second kappa shape index (κ2) is 8.45. The molecule has 0 unspecified atom stereocenters. The van der Waals surface area contributed by atoms with Crippen molar-refractivity contribution in [2.75, 3.05) is 17.2 Å². The molecule has 1 amide bonds. The molecule has 1 heterocycles. The second-order valence-electron chi connectivity index (χ2n) is 5.66. The summed E-state index contributed by atoms with van der Waals surface area (Å²) in [5.41, 5.74) is 1.71. The molecule has 0 bridgehead atoms. The first-order valence-corrected chi connectivity index (χ1v) is 8.50. The second-order valence-corrected chi connectivity index (χ2v) is 6.10. The maximum Gasteiger partial charge on any atom is 0.255 e. The van der Waals surface area contributed by atoms with Gasteiger partial charge in [0.25, 0.3) is 5.91 Å². The van der Waals surface area contributed by atoms with Crippen LogP contribution >= 0.6 is 11.6 Å². The Morgan fingerprint density at radius 2 is 1.92 bits per heavy atom. The highest BCUT2D eigenvalue weighted by Gasteiger charge is 2.07. The molecule has 0 aliphatic heterocycles. The van der Waals surface area contributed by atoms with Gasteiger partial charge in [-0.25, -0.2) is 9.37 Å². The predicted molar refractivity (Wildman–Crippen MR) is 102 cm³/mol. The molecule has 3 rings (SSSR count). The molecular weight excluding hydrogens is 353 g/mol. The Labute approximate surface area is 156 Å². The Bertz CT molecular complexity index is 900. The first-order chi connectivity index (χ1) is 12.6. The maximum absolute atomic E-state index is 13.6. The number of nitrogens with zero attached hydrogens (tertiary/aromatic N) is 1. The van der Waals surface area contributed by atoms with E-state index < -0.39 is 0 Å². The molecule has 0 aliphatic rings. The third-order valence-electron chi connectivity index (χ3n) is 3.77. The molecule has 0 aliphatic carbocycles. The van der Waals surface area contributed by atoms with E-state index >= 15 is 0 Å². The van der Waals surface area contributed by atoms with Gasteiger partial charge < -0.3 is 10.6 Å². The largest absolute Gasteiger partial charge is 0.370 e. The fraction of sp³-hybridized carbons (Fsp3) is 0.100. The lowest BCUT2D eigenvalue weighted by Crippen LogP contribution is -2.12. The number of hydrogen-bond acceptors (Lipinski definition) is 3. The zero-order valence-corrected chi connectivity index (χ0v) is 14.6. The van der Waals surface area contributed by atoms with Gasteiger partial charge in [0.15, 0.2) is 0 Å². The number of benzene rings is 2. The molecular formula is C20H17ClFN3O. The summed E-state index contributed by atoms with van der Waals surface area (Å²) in [6.07, 6.45) is 2.12. The smallest absolute Gasteiger partial charge is 0.255 e. The van der Waals surface area contributed by atoms with Crippen LogP contribution in [0.3, 0.4) is 0 Å². The fourth-order valence-corrected chi connectivity index (χ4v) is 2.62. The number of carbonyl (C=O) groups is 1. The van der Waals surface area contributed by atoms with Gasteiger partial charge in [-0.05, 0) is 48.4 Å². The van der Waals surface area contributed by atoms with Crippen LogP contribution in [0.4, 0.5) is 15.9 Å². The summed E-state index contributed by atoms with van der Waals surface area (Å²) in [4.78, 5) is 16.4. The molecule has 3 aromatic rings. The molecule has 0 atom stereocenters. The zero-order chi connectivity index (χ0) is 18.4. The van der Waals surface area contributed by atoms with Crippen molar-refractivity contribution in [1.29, 1.82) is 0 Å². The average Bonchev–Trinajstić information content (AvgIpc) is 2.65. The summed E-state index contributed by atoms with van der Waals surface area (Å²) in [6, 6.07) is 16.9. The predicted octanol–water partition coefficient (Wildman–Crippen LogP) is 4.78. The zero-order valence-electron chi connectivity index (χ0n) is 13.9. The summed E-state index contributed by atoms with van der Waals surface area (Å²) in [5, 5.41) is 6.40. The number of nitrogens with one attached hydrogen (secondary N) is 2. The van der Waals surface area contributed by atoms with Crippen molar-refractivity contribution in [3.8, 4) is 0 Å².